The maximum atomic E-state index is 12.2. The van der Waals surface area contributed by atoms with E-state index in [2.05, 4.69) is 20.8 Å². The van der Waals surface area contributed by atoms with Crippen molar-refractivity contribution < 1.29 is 14.3 Å². The zero-order valence-electron chi connectivity index (χ0n) is 15.3. The zero-order valence-corrected chi connectivity index (χ0v) is 15.3. The van der Waals surface area contributed by atoms with E-state index in [1.54, 1.807) is 11.8 Å². The van der Waals surface area contributed by atoms with Gasteiger partial charge in [-0.25, -0.2) is 0 Å². The van der Waals surface area contributed by atoms with Crippen molar-refractivity contribution in [3.63, 3.8) is 0 Å². The van der Waals surface area contributed by atoms with Crippen LogP contribution in [0.3, 0.4) is 0 Å². The van der Waals surface area contributed by atoms with Crippen LogP contribution >= 0.6 is 0 Å². The van der Waals surface area contributed by atoms with Crippen molar-refractivity contribution in [2.45, 2.75) is 19.9 Å². The SMILES string of the molecule is CCOc1ccc(CC(=O)NCc2nnnn2-c2ccc(OC)cc2)cc1. The van der Waals surface area contributed by atoms with Crippen LogP contribution in [-0.4, -0.2) is 39.8 Å². The lowest BCUT2D eigenvalue weighted by Gasteiger charge is -2.08. The average molecular weight is 367 g/mol. The summed E-state index contributed by atoms with van der Waals surface area (Å²) in [5.74, 6) is 1.97. The standard InChI is InChI=1S/C19H21N5O3/c1-3-27-17-8-4-14(5-9-17)12-19(25)20-13-18-21-22-23-24(18)15-6-10-16(26-2)11-7-15/h4-11H,3,12-13H2,1-2H3,(H,20,25). The fraction of sp³-hybridized carbons (Fsp3) is 0.263. The smallest absolute Gasteiger partial charge is 0.224 e. The third kappa shape index (κ3) is 4.81. The molecule has 1 amide bonds. The van der Waals surface area contributed by atoms with E-state index < -0.39 is 0 Å². The number of amides is 1. The van der Waals surface area contributed by atoms with Crippen LogP contribution in [0.5, 0.6) is 11.5 Å². The predicted octanol–water partition coefficient (Wildman–Crippen LogP) is 1.93. The van der Waals surface area contributed by atoms with Crippen molar-refractivity contribution in [3.8, 4) is 17.2 Å². The number of tetrazole rings is 1. The molecule has 1 heterocycles. The van der Waals surface area contributed by atoms with Crippen molar-refractivity contribution in [2.75, 3.05) is 13.7 Å². The summed E-state index contributed by atoms with van der Waals surface area (Å²) in [6.45, 7) is 2.78. The molecule has 3 rings (SSSR count). The van der Waals surface area contributed by atoms with Crippen LogP contribution in [0.15, 0.2) is 48.5 Å². The minimum Gasteiger partial charge on any atom is -0.497 e. The summed E-state index contributed by atoms with van der Waals surface area (Å²) in [6.07, 6.45) is 0.274. The van der Waals surface area contributed by atoms with Crippen LogP contribution in [0.2, 0.25) is 0 Å². The highest BCUT2D eigenvalue weighted by molar-refractivity contribution is 5.78. The molecule has 0 atom stereocenters. The molecule has 0 unspecified atom stereocenters. The number of nitrogens with zero attached hydrogens (tertiary/aromatic N) is 4. The highest BCUT2D eigenvalue weighted by Crippen LogP contribution is 2.15. The van der Waals surface area contributed by atoms with Gasteiger partial charge in [-0.05, 0) is 59.3 Å². The molecule has 0 saturated heterocycles. The quantitative estimate of drug-likeness (QED) is 0.654. The predicted molar refractivity (Wildman–Crippen MR) is 98.9 cm³/mol. The van der Waals surface area contributed by atoms with E-state index in [-0.39, 0.29) is 18.9 Å². The van der Waals surface area contributed by atoms with Crippen molar-refractivity contribution in [1.29, 1.82) is 0 Å². The fourth-order valence-corrected chi connectivity index (χ4v) is 2.54. The highest BCUT2D eigenvalue weighted by Gasteiger charge is 2.10. The van der Waals surface area contributed by atoms with Crippen LogP contribution in [-0.2, 0) is 17.8 Å². The third-order valence-corrected chi connectivity index (χ3v) is 3.89. The second-order valence-electron chi connectivity index (χ2n) is 5.74. The van der Waals surface area contributed by atoms with Gasteiger partial charge in [-0.1, -0.05) is 12.1 Å². The van der Waals surface area contributed by atoms with Gasteiger partial charge in [0.05, 0.1) is 32.4 Å². The number of nitrogens with one attached hydrogen (secondary N) is 1. The molecule has 1 aromatic heterocycles. The molecule has 0 saturated carbocycles. The largest absolute Gasteiger partial charge is 0.497 e. The van der Waals surface area contributed by atoms with Gasteiger partial charge in [-0.15, -0.1) is 5.10 Å². The Morgan fingerprint density at radius 2 is 1.78 bits per heavy atom. The molecular weight excluding hydrogens is 346 g/mol. The summed E-state index contributed by atoms with van der Waals surface area (Å²) in [6, 6.07) is 14.8. The van der Waals surface area contributed by atoms with E-state index in [0.717, 1.165) is 22.7 Å². The Balaban J connectivity index is 1.58. The summed E-state index contributed by atoms with van der Waals surface area (Å²) in [5, 5.41) is 14.5. The molecule has 140 valence electrons. The van der Waals surface area contributed by atoms with Crippen LogP contribution in [0, 0.1) is 0 Å². The molecule has 0 bridgehead atoms. The van der Waals surface area contributed by atoms with Gasteiger partial charge >= 0.3 is 0 Å². The van der Waals surface area contributed by atoms with Gasteiger partial charge in [0.15, 0.2) is 5.82 Å². The number of carbonyl (C=O) groups is 1. The van der Waals surface area contributed by atoms with E-state index in [1.807, 2.05) is 55.5 Å². The lowest BCUT2D eigenvalue weighted by atomic mass is 10.1. The second kappa shape index (κ2) is 8.79. The van der Waals surface area contributed by atoms with Gasteiger partial charge in [0.25, 0.3) is 0 Å². The minimum atomic E-state index is -0.108. The lowest BCUT2D eigenvalue weighted by Crippen LogP contribution is -2.26. The number of methoxy groups -OCH3 is 1. The number of carbonyl (C=O) groups excluding carboxylic acids is 1. The Morgan fingerprint density at radius 3 is 2.44 bits per heavy atom. The highest BCUT2D eigenvalue weighted by atomic mass is 16.5. The Hall–Kier alpha value is -3.42. The van der Waals surface area contributed by atoms with Crippen LogP contribution in [0.25, 0.3) is 5.69 Å². The Kier molecular flexibility index (Phi) is 5.98. The van der Waals surface area contributed by atoms with Gasteiger partial charge in [0, 0.05) is 0 Å². The zero-order chi connectivity index (χ0) is 19.1. The fourth-order valence-electron chi connectivity index (χ4n) is 2.54. The lowest BCUT2D eigenvalue weighted by molar-refractivity contribution is -0.120. The van der Waals surface area contributed by atoms with Crippen LogP contribution in [0.1, 0.15) is 18.3 Å². The Labute approximate surface area is 157 Å². The first-order chi connectivity index (χ1) is 13.2. The van der Waals surface area contributed by atoms with Gasteiger partial charge < -0.3 is 14.8 Å². The molecule has 1 N–H and O–H groups in total. The molecular formula is C19H21N5O3. The molecule has 3 aromatic rings. The first kappa shape index (κ1) is 18.4. The molecule has 0 radical (unpaired) electrons. The van der Waals surface area contributed by atoms with E-state index in [9.17, 15) is 4.79 Å². The number of ether oxygens (including phenoxy) is 2. The Bertz CT molecular complexity index is 875. The van der Waals surface area contributed by atoms with Gasteiger partial charge in [0.2, 0.25) is 5.91 Å². The third-order valence-electron chi connectivity index (χ3n) is 3.89. The molecule has 2 aromatic carbocycles. The van der Waals surface area contributed by atoms with E-state index in [4.69, 9.17) is 9.47 Å². The molecule has 0 aliphatic carbocycles. The van der Waals surface area contributed by atoms with Crippen molar-refractivity contribution in [3.05, 3.63) is 59.9 Å². The summed E-state index contributed by atoms with van der Waals surface area (Å²) >= 11 is 0. The van der Waals surface area contributed by atoms with Crippen molar-refractivity contribution in [2.24, 2.45) is 0 Å². The maximum absolute atomic E-state index is 12.2. The number of benzene rings is 2. The van der Waals surface area contributed by atoms with Gasteiger partial charge in [-0.3, -0.25) is 4.79 Å². The average Bonchev–Trinajstić information content (AvgIpc) is 3.17. The molecule has 0 aliphatic heterocycles. The maximum Gasteiger partial charge on any atom is 0.224 e. The van der Waals surface area contributed by atoms with Crippen LogP contribution in [0.4, 0.5) is 0 Å². The first-order valence-corrected chi connectivity index (χ1v) is 8.59. The number of rotatable bonds is 8. The summed E-state index contributed by atoms with van der Waals surface area (Å²) in [4.78, 5) is 12.2. The Morgan fingerprint density at radius 1 is 1.07 bits per heavy atom. The molecule has 8 heteroatoms. The summed E-state index contributed by atoms with van der Waals surface area (Å²) < 4.78 is 12.1. The molecule has 0 aliphatic rings. The van der Waals surface area contributed by atoms with Crippen LogP contribution < -0.4 is 14.8 Å². The first-order valence-electron chi connectivity index (χ1n) is 8.59. The minimum absolute atomic E-state index is 0.108. The monoisotopic (exact) mass is 367 g/mol. The van der Waals surface area contributed by atoms with E-state index in [0.29, 0.717) is 12.4 Å². The number of hydrogen-bond acceptors (Lipinski definition) is 6. The topological polar surface area (TPSA) is 91.2 Å². The summed E-state index contributed by atoms with van der Waals surface area (Å²) in [7, 11) is 1.61. The van der Waals surface area contributed by atoms with Gasteiger partial charge in [-0.2, -0.15) is 4.68 Å². The molecule has 8 nitrogen and oxygen atoms in total. The number of aromatic nitrogens is 4. The second-order valence-corrected chi connectivity index (χ2v) is 5.74. The van der Waals surface area contributed by atoms with E-state index >= 15 is 0 Å². The van der Waals surface area contributed by atoms with Gasteiger partial charge in [0.1, 0.15) is 11.5 Å². The normalized spacial score (nSPS) is 10.4. The molecule has 0 fully saturated rings. The summed E-state index contributed by atoms with van der Waals surface area (Å²) in [5.41, 5.74) is 1.70. The molecule has 27 heavy (non-hydrogen) atoms. The molecule has 0 spiro atoms. The number of hydrogen-bond donors (Lipinski definition) is 1. The van der Waals surface area contributed by atoms with Crippen molar-refractivity contribution in [1.82, 2.24) is 25.5 Å². The van der Waals surface area contributed by atoms with E-state index in [1.165, 1.54) is 0 Å². The van der Waals surface area contributed by atoms with Crippen molar-refractivity contribution >= 4 is 5.91 Å².